The first kappa shape index (κ1) is 17.6. The van der Waals surface area contributed by atoms with Gasteiger partial charge in [-0.25, -0.2) is 0 Å². The molecule has 0 unspecified atom stereocenters. The van der Waals surface area contributed by atoms with Gasteiger partial charge in [0, 0.05) is 17.6 Å². The normalized spacial score (nSPS) is 20.9. The summed E-state index contributed by atoms with van der Waals surface area (Å²) in [4.78, 5) is 16.0. The lowest BCUT2D eigenvalue weighted by Gasteiger charge is -2.38. The summed E-state index contributed by atoms with van der Waals surface area (Å²) in [5.41, 5.74) is 2.20. The third kappa shape index (κ3) is 3.89. The number of piperidine rings is 1. The lowest BCUT2D eigenvalue weighted by molar-refractivity contribution is -0.138. The number of carbonyl (C=O) groups excluding carboxylic acids is 1. The van der Waals surface area contributed by atoms with Crippen LogP contribution in [0.1, 0.15) is 58.4 Å². The van der Waals surface area contributed by atoms with Crippen molar-refractivity contribution in [1.29, 1.82) is 0 Å². The number of hydrogen-bond acceptors (Lipinski definition) is 4. The molecule has 134 valence electrons. The summed E-state index contributed by atoms with van der Waals surface area (Å²) in [6, 6.07) is 8.75. The zero-order valence-corrected chi connectivity index (χ0v) is 15.5. The quantitative estimate of drug-likeness (QED) is 0.856. The van der Waals surface area contributed by atoms with Crippen LogP contribution < -0.4 is 0 Å². The van der Waals surface area contributed by atoms with E-state index in [2.05, 4.69) is 55.2 Å². The largest absolute Gasteiger partial charge is 0.336 e. The summed E-state index contributed by atoms with van der Waals surface area (Å²) < 4.78 is 0. The standard InChI is InChI=1S/C19H27N5O/c1-13(2)16-8-10-17(11-9-16)19-20-22-23(21-19)12-18(25)24-14(3)6-5-7-15(24)4/h8-11,13-15H,5-7,12H2,1-4H3/t14-,15+. The fraction of sp³-hybridized carbons (Fsp3) is 0.579. The van der Waals surface area contributed by atoms with E-state index in [4.69, 9.17) is 0 Å². The second-order valence-electron chi connectivity index (χ2n) is 7.35. The van der Waals surface area contributed by atoms with Crippen LogP contribution >= 0.6 is 0 Å². The number of likely N-dealkylation sites (tertiary alicyclic amines) is 1. The summed E-state index contributed by atoms with van der Waals surface area (Å²) in [5, 5.41) is 12.6. The summed E-state index contributed by atoms with van der Waals surface area (Å²) in [6.07, 6.45) is 3.31. The van der Waals surface area contributed by atoms with E-state index in [-0.39, 0.29) is 24.5 Å². The molecule has 1 aliphatic rings. The van der Waals surface area contributed by atoms with Crippen molar-refractivity contribution in [2.75, 3.05) is 0 Å². The number of rotatable bonds is 4. The molecule has 0 spiro atoms. The Kier molecular flexibility index (Phi) is 5.16. The van der Waals surface area contributed by atoms with Gasteiger partial charge in [0.05, 0.1) is 0 Å². The summed E-state index contributed by atoms with van der Waals surface area (Å²) in [5.74, 6) is 1.12. The Morgan fingerprint density at radius 2 is 1.80 bits per heavy atom. The van der Waals surface area contributed by atoms with E-state index in [0.717, 1.165) is 18.4 Å². The molecular weight excluding hydrogens is 314 g/mol. The minimum Gasteiger partial charge on any atom is -0.336 e. The molecule has 2 atom stereocenters. The van der Waals surface area contributed by atoms with Crippen LogP contribution in [-0.4, -0.2) is 43.1 Å². The number of nitrogens with zero attached hydrogens (tertiary/aromatic N) is 5. The van der Waals surface area contributed by atoms with Gasteiger partial charge < -0.3 is 4.90 Å². The molecule has 2 heterocycles. The number of tetrazole rings is 1. The van der Waals surface area contributed by atoms with E-state index in [1.54, 1.807) is 0 Å². The van der Waals surface area contributed by atoms with Crippen LogP contribution in [0, 0.1) is 0 Å². The average Bonchev–Trinajstić information content (AvgIpc) is 3.03. The third-order valence-electron chi connectivity index (χ3n) is 5.05. The van der Waals surface area contributed by atoms with E-state index in [9.17, 15) is 4.79 Å². The van der Waals surface area contributed by atoms with E-state index in [1.165, 1.54) is 16.8 Å². The maximum Gasteiger partial charge on any atom is 0.246 e. The van der Waals surface area contributed by atoms with Crippen molar-refractivity contribution in [3.8, 4) is 11.4 Å². The highest BCUT2D eigenvalue weighted by atomic mass is 16.2. The van der Waals surface area contributed by atoms with Gasteiger partial charge in [0.15, 0.2) is 0 Å². The highest BCUT2D eigenvalue weighted by Crippen LogP contribution is 2.23. The zero-order chi connectivity index (χ0) is 18.0. The molecule has 1 aromatic carbocycles. The molecule has 6 nitrogen and oxygen atoms in total. The maximum absolute atomic E-state index is 12.7. The van der Waals surface area contributed by atoms with Gasteiger partial charge in [-0.2, -0.15) is 4.80 Å². The van der Waals surface area contributed by atoms with Crippen molar-refractivity contribution >= 4 is 5.91 Å². The van der Waals surface area contributed by atoms with Crippen molar-refractivity contribution in [2.45, 2.75) is 71.5 Å². The molecule has 0 N–H and O–H groups in total. The summed E-state index contributed by atoms with van der Waals surface area (Å²) in [7, 11) is 0. The first-order valence-corrected chi connectivity index (χ1v) is 9.15. The van der Waals surface area contributed by atoms with Gasteiger partial charge in [-0.15, -0.1) is 10.2 Å². The molecular formula is C19H27N5O. The van der Waals surface area contributed by atoms with E-state index in [0.29, 0.717) is 11.7 Å². The monoisotopic (exact) mass is 341 g/mol. The molecule has 1 aliphatic heterocycles. The van der Waals surface area contributed by atoms with Gasteiger partial charge in [0.2, 0.25) is 11.7 Å². The minimum atomic E-state index is 0.0683. The zero-order valence-electron chi connectivity index (χ0n) is 15.5. The number of aromatic nitrogens is 4. The molecule has 0 aliphatic carbocycles. The summed E-state index contributed by atoms with van der Waals surface area (Å²) in [6.45, 7) is 8.70. The van der Waals surface area contributed by atoms with Crippen molar-refractivity contribution in [3.05, 3.63) is 29.8 Å². The highest BCUT2D eigenvalue weighted by Gasteiger charge is 2.29. The van der Waals surface area contributed by atoms with Crippen LogP contribution in [0.2, 0.25) is 0 Å². The van der Waals surface area contributed by atoms with Crippen LogP contribution in [0.3, 0.4) is 0 Å². The lowest BCUT2D eigenvalue weighted by atomic mass is 9.97. The Balaban J connectivity index is 1.70. The van der Waals surface area contributed by atoms with Gasteiger partial charge in [0.25, 0.3) is 0 Å². The van der Waals surface area contributed by atoms with Crippen molar-refractivity contribution in [2.24, 2.45) is 0 Å². The molecule has 0 bridgehead atoms. The molecule has 0 saturated carbocycles. The first-order valence-electron chi connectivity index (χ1n) is 9.15. The highest BCUT2D eigenvalue weighted by molar-refractivity contribution is 5.76. The molecule has 6 heteroatoms. The second kappa shape index (κ2) is 7.33. The Labute approximate surface area is 149 Å². The van der Waals surface area contributed by atoms with Crippen molar-refractivity contribution in [1.82, 2.24) is 25.1 Å². The fourth-order valence-corrected chi connectivity index (χ4v) is 3.56. The molecule has 3 rings (SSSR count). The van der Waals surface area contributed by atoms with Crippen LogP contribution in [0.5, 0.6) is 0 Å². The predicted molar refractivity (Wildman–Crippen MR) is 97.0 cm³/mol. The number of amides is 1. The average molecular weight is 341 g/mol. The van der Waals surface area contributed by atoms with Crippen molar-refractivity contribution < 1.29 is 4.79 Å². The summed E-state index contributed by atoms with van der Waals surface area (Å²) >= 11 is 0. The first-order chi connectivity index (χ1) is 12.0. The Bertz CT molecular complexity index is 712. The number of hydrogen-bond donors (Lipinski definition) is 0. The molecule has 0 radical (unpaired) electrons. The number of benzene rings is 1. The Hall–Kier alpha value is -2.24. The molecule has 1 amide bonds. The van der Waals surface area contributed by atoms with Crippen LogP contribution in [0.25, 0.3) is 11.4 Å². The van der Waals surface area contributed by atoms with Gasteiger partial charge >= 0.3 is 0 Å². The van der Waals surface area contributed by atoms with Gasteiger partial charge in [0.1, 0.15) is 6.54 Å². The van der Waals surface area contributed by atoms with Gasteiger partial charge in [-0.3, -0.25) is 4.79 Å². The lowest BCUT2D eigenvalue weighted by Crippen LogP contribution is -2.48. The van der Waals surface area contributed by atoms with Gasteiger partial charge in [-0.1, -0.05) is 38.1 Å². The molecule has 25 heavy (non-hydrogen) atoms. The SMILES string of the molecule is CC(C)c1ccc(-c2nnn(CC(=O)N3[C@H](C)CCC[C@@H]3C)n2)cc1. The van der Waals surface area contributed by atoms with Crippen LogP contribution in [0.4, 0.5) is 0 Å². The molecule has 1 saturated heterocycles. The Morgan fingerprint density at radius 1 is 1.16 bits per heavy atom. The molecule has 2 aromatic rings. The third-order valence-corrected chi connectivity index (χ3v) is 5.05. The maximum atomic E-state index is 12.7. The smallest absolute Gasteiger partial charge is 0.246 e. The Morgan fingerprint density at radius 3 is 2.40 bits per heavy atom. The van der Waals surface area contributed by atoms with E-state index >= 15 is 0 Å². The fourth-order valence-electron chi connectivity index (χ4n) is 3.56. The molecule has 1 fully saturated rings. The second-order valence-corrected chi connectivity index (χ2v) is 7.35. The van der Waals surface area contributed by atoms with E-state index < -0.39 is 0 Å². The van der Waals surface area contributed by atoms with Crippen LogP contribution in [0.15, 0.2) is 24.3 Å². The minimum absolute atomic E-state index is 0.0683. The van der Waals surface area contributed by atoms with E-state index in [1.807, 2.05) is 17.0 Å². The van der Waals surface area contributed by atoms with Gasteiger partial charge in [-0.05, 0) is 49.8 Å². The van der Waals surface area contributed by atoms with Crippen LogP contribution in [-0.2, 0) is 11.3 Å². The predicted octanol–water partition coefficient (Wildman–Crippen LogP) is 3.25. The van der Waals surface area contributed by atoms with Crippen molar-refractivity contribution in [3.63, 3.8) is 0 Å². The topological polar surface area (TPSA) is 63.9 Å². The number of carbonyl (C=O) groups is 1. The molecule has 1 aromatic heterocycles.